The normalized spacial score (nSPS) is 12.9. The third-order valence-electron chi connectivity index (χ3n) is 4.10. The van der Waals surface area contributed by atoms with Crippen molar-refractivity contribution in [1.29, 1.82) is 0 Å². The topological polar surface area (TPSA) is 86.1 Å². The molecule has 0 saturated heterocycles. The van der Waals surface area contributed by atoms with Gasteiger partial charge < -0.3 is 4.74 Å². The van der Waals surface area contributed by atoms with Crippen molar-refractivity contribution >= 4 is 15.8 Å². The van der Waals surface area contributed by atoms with Crippen LogP contribution < -0.4 is 21.8 Å². The fraction of sp³-hybridized carbons (Fsp3) is 0.111. The van der Waals surface area contributed by atoms with Crippen molar-refractivity contribution in [2.75, 3.05) is 0 Å². The molecule has 0 radical (unpaired) electrons. The number of hydrogen-bond acceptors (Lipinski definition) is 4. The quantitative estimate of drug-likeness (QED) is 0.649. The molecule has 29 heavy (non-hydrogen) atoms. The van der Waals surface area contributed by atoms with Crippen LogP contribution in [0, 0.1) is 6.92 Å². The number of aryl methyl sites for hydroxylation is 1. The molecule has 0 aliphatic rings. The molecule has 11 heteroatoms. The highest BCUT2D eigenvalue weighted by molar-refractivity contribution is 8.34. The number of aromatic amines is 1. The van der Waals surface area contributed by atoms with E-state index in [1.165, 1.54) is 37.4 Å². The molecule has 0 spiro atoms. The summed E-state index contributed by atoms with van der Waals surface area (Å²) in [6, 6.07) is 8.54. The molecule has 0 atom stereocenters. The summed E-state index contributed by atoms with van der Waals surface area (Å²) in [5.41, 5.74) is -1.82. The lowest BCUT2D eigenvalue weighted by Crippen LogP contribution is -2.47. The zero-order chi connectivity index (χ0) is 21.6. The van der Waals surface area contributed by atoms with Gasteiger partial charge >= 0.3 is 17.1 Å². The molecule has 1 heterocycles. The number of benzene rings is 2. The fourth-order valence-electron chi connectivity index (χ4n) is 2.56. The van der Waals surface area contributed by atoms with Crippen molar-refractivity contribution in [3.63, 3.8) is 0 Å². The number of nitrogens with one attached hydrogen (secondary N) is 1. The van der Waals surface area contributed by atoms with E-state index >= 15 is 0 Å². The average Bonchev–Trinajstić information content (AvgIpc) is 2.61. The van der Waals surface area contributed by atoms with Crippen LogP contribution in [0.1, 0.15) is 5.56 Å². The molecule has 7 nitrogen and oxygen atoms in total. The van der Waals surface area contributed by atoms with Crippen LogP contribution in [-0.2, 0) is 7.05 Å². The second-order valence-corrected chi connectivity index (χ2v) is 8.54. The first-order valence-corrected chi connectivity index (χ1v) is 10.0. The first kappa shape index (κ1) is 20.4. The summed E-state index contributed by atoms with van der Waals surface area (Å²) in [5, 5.41) is 0. The van der Waals surface area contributed by atoms with Crippen molar-refractivity contribution < 1.29 is 16.4 Å². The van der Waals surface area contributed by atoms with Gasteiger partial charge in [-0.15, -0.1) is 11.7 Å². The minimum atomic E-state index is -6.33. The molecule has 154 valence electrons. The Morgan fingerprint density at radius 3 is 2.17 bits per heavy atom. The molecule has 0 amide bonds. The van der Waals surface area contributed by atoms with Crippen LogP contribution in [0.25, 0.3) is 5.69 Å². The number of ether oxygens (including phenoxy) is 1. The van der Waals surface area contributed by atoms with Crippen LogP contribution in [0.2, 0.25) is 0 Å². The molecular weight excluding hydrogens is 411 g/mol. The zero-order valence-electron chi connectivity index (χ0n) is 15.3. The smallest absolute Gasteiger partial charge is 0.340 e. The van der Waals surface area contributed by atoms with E-state index in [1.54, 1.807) is 6.92 Å². The van der Waals surface area contributed by atoms with E-state index < -0.39 is 31.9 Å². The summed E-state index contributed by atoms with van der Waals surface area (Å²) in [6.45, 7) is 1.64. The van der Waals surface area contributed by atoms with E-state index in [1.807, 2.05) is 4.98 Å². The Hall–Kier alpha value is -3.34. The molecule has 0 bridgehead atoms. The van der Waals surface area contributed by atoms with Crippen LogP contribution in [0.15, 0.2) is 61.7 Å². The van der Waals surface area contributed by atoms with Gasteiger partial charge in [0, 0.05) is 7.05 Å². The highest BCUT2D eigenvalue weighted by atomic mass is 32.4. The number of rotatable bonds is 4. The number of halogens is 3. The molecule has 2 aromatic carbocycles. The Balaban J connectivity index is 1.95. The first-order chi connectivity index (χ1) is 13.3. The lowest BCUT2D eigenvalue weighted by Gasteiger charge is -2.20. The van der Waals surface area contributed by atoms with Gasteiger partial charge in [0.05, 0.1) is 10.6 Å². The number of aromatic nitrogens is 3. The van der Waals surface area contributed by atoms with E-state index in [0.29, 0.717) is 11.3 Å². The van der Waals surface area contributed by atoms with Crippen molar-refractivity contribution in [2.24, 2.45) is 7.05 Å². The molecule has 0 saturated carbocycles. The third-order valence-corrected chi connectivity index (χ3v) is 5.24. The van der Waals surface area contributed by atoms with E-state index in [9.17, 15) is 26.0 Å². The largest absolute Gasteiger partial charge is 0.457 e. The number of hydrogen-bond donors (Lipinski definition) is 1. The predicted octanol–water partition coefficient (Wildman–Crippen LogP) is 3.11. The van der Waals surface area contributed by atoms with Gasteiger partial charge in [-0.25, -0.2) is 23.5 Å². The van der Waals surface area contributed by atoms with Gasteiger partial charge in [-0.05, 0) is 60.8 Å². The van der Waals surface area contributed by atoms with E-state index in [4.69, 9.17) is 4.74 Å². The summed E-state index contributed by atoms with van der Waals surface area (Å²) in [6.07, 6.45) is 0. The van der Waals surface area contributed by atoms with Crippen molar-refractivity contribution in [3.8, 4) is 17.2 Å². The first-order valence-electron chi connectivity index (χ1n) is 8.10. The monoisotopic (exact) mass is 427 g/mol. The molecular formula is C18H16F3N3O4S. The minimum Gasteiger partial charge on any atom is -0.457 e. The standard InChI is InChI=1S/C18H16F3N3O4S/c1-11-10-12(24-17(26)22-16(25)23(2)18(24)27)4-9-15(11)28-13-5-7-14(8-6-13)29(3,19,20)21/h4-10H,3H2,1-2H3,(H,22,25,26). The number of nitrogens with zero attached hydrogens (tertiary/aromatic N) is 2. The van der Waals surface area contributed by atoms with Gasteiger partial charge in [0.15, 0.2) is 9.91 Å². The summed E-state index contributed by atoms with van der Waals surface area (Å²) >= 11 is 0. The van der Waals surface area contributed by atoms with Crippen LogP contribution in [0.5, 0.6) is 11.5 Å². The van der Waals surface area contributed by atoms with Gasteiger partial charge in [0.1, 0.15) is 11.5 Å². The lowest BCUT2D eigenvalue weighted by atomic mass is 10.2. The van der Waals surface area contributed by atoms with E-state index in [-0.39, 0.29) is 11.4 Å². The molecule has 0 aliphatic carbocycles. The third kappa shape index (κ3) is 4.09. The molecule has 0 aliphatic heterocycles. The Kier molecular flexibility index (Phi) is 4.66. The van der Waals surface area contributed by atoms with E-state index in [2.05, 4.69) is 5.87 Å². The Bertz CT molecular complexity index is 1340. The molecule has 1 aromatic heterocycles. The van der Waals surface area contributed by atoms with Crippen LogP contribution in [0.4, 0.5) is 11.7 Å². The highest BCUT2D eigenvalue weighted by Crippen LogP contribution is 2.68. The Labute approximate surface area is 162 Å². The van der Waals surface area contributed by atoms with E-state index in [0.717, 1.165) is 21.3 Å². The Morgan fingerprint density at radius 1 is 1.00 bits per heavy atom. The fourth-order valence-corrected chi connectivity index (χ4v) is 3.19. The van der Waals surface area contributed by atoms with Crippen LogP contribution in [0.3, 0.4) is 0 Å². The van der Waals surface area contributed by atoms with Crippen LogP contribution in [-0.4, -0.2) is 20.0 Å². The highest BCUT2D eigenvalue weighted by Gasteiger charge is 2.29. The summed E-state index contributed by atoms with van der Waals surface area (Å²) < 4.78 is 47.0. The summed E-state index contributed by atoms with van der Waals surface area (Å²) in [4.78, 5) is 36.9. The van der Waals surface area contributed by atoms with Gasteiger partial charge in [0.25, 0.3) is 0 Å². The maximum Gasteiger partial charge on any atom is 0.340 e. The molecule has 0 fully saturated rings. The van der Waals surface area contributed by atoms with Gasteiger partial charge in [-0.2, -0.15) is 0 Å². The summed E-state index contributed by atoms with van der Waals surface area (Å²) in [5.74, 6) is 2.85. The number of H-pyrrole nitrogens is 1. The lowest BCUT2D eigenvalue weighted by molar-refractivity contribution is 0.478. The molecule has 0 unspecified atom stereocenters. The van der Waals surface area contributed by atoms with Gasteiger partial charge in [-0.3, -0.25) is 4.98 Å². The Morgan fingerprint density at radius 2 is 1.62 bits per heavy atom. The summed E-state index contributed by atoms with van der Waals surface area (Å²) in [7, 11) is -5.11. The van der Waals surface area contributed by atoms with Crippen molar-refractivity contribution in [3.05, 3.63) is 79.5 Å². The second kappa shape index (κ2) is 6.62. The molecule has 3 aromatic rings. The molecule has 3 rings (SSSR count). The molecule has 1 N–H and O–H groups in total. The zero-order valence-corrected chi connectivity index (χ0v) is 16.1. The van der Waals surface area contributed by atoms with Gasteiger partial charge in [0.2, 0.25) is 0 Å². The van der Waals surface area contributed by atoms with Crippen molar-refractivity contribution in [2.45, 2.75) is 11.8 Å². The van der Waals surface area contributed by atoms with Gasteiger partial charge in [-0.1, -0.05) is 0 Å². The average molecular weight is 427 g/mol. The predicted molar refractivity (Wildman–Crippen MR) is 105 cm³/mol. The van der Waals surface area contributed by atoms with Crippen LogP contribution >= 0.6 is 9.91 Å². The second-order valence-electron chi connectivity index (χ2n) is 6.31. The SMILES string of the molecule is C=S(F)(F)(F)c1ccc(Oc2ccc(-n3c(=O)[nH]c(=O)n(C)c3=O)cc2C)cc1. The maximum absolute atomic E-state index is 13.3. The maximum atomic E-state index is 13.3. The van der Waals surface area contributed by atoms with Crippen molar-refractivity contribution in [1.82, 2.24) is 14.1 Å². The minimum absolute atomic E-state index is 0.179.